The summed E-state index contributed by atoms with van der Waals surface area (Å²) < 4.78 is 25.3. The number of nitrogens with zero attached hydrogens (tertiary/aromatic N) is 4. The quantitative estimate of drug-likeness (QED) is 0.799. The molecule has 124 valence electrons. The van der Waals surface area contributed by atoms with Crippen molar-refractivity contribution in [1.29, 1.82) is 0 Å². The number of hydrogen-bond donors (Lipinski definition) is 1. The first kappa shape index (κ1) is 17.1. The van der Waals surface area contributed by atoms with Gasteiger partial charge in [-0.2, -0.15) is 9.40 Å². The largest absolute Gasteiger partial charge is 0.351 e. The molecule has 0 saturated heterocycles. The fourth-order valence-corrected chi connectivity index (χ4v) is 2.31. The molecule has 2 rings (SSSR count). The highest BCUT2D eigenvalue weighted by molar-refractivity contribution is 7.88. The van der Waals surface area contributed by atoms with Crippen LogP contribution in [0.3, 0.4) is 0 Å². The maximum Gasteiger partial charge on any atom is 0.235 e. The molecule has 0 aliphatic carbocycles. The van der Waals surface area contributed by atoms with Crippen LogP contribution in [0.4, 0.5) is 0 Å². The fourth-order valence-electron chi connectivity index (χ4n) is 1.95. The minimum absolute atomic E-state index is 0.221. The monoisotopic (exact) mass is 337 g/mol. The third kappa shape index (κ3) is 4.60. The van der Waals surface area contributed by atoms with E-state index in [9.17, 15) is 13.2 Å². The number of carbonyl (C=O) groups excluding carboxylic acids is 1. The zero-order valence-electron chi connectivity index (χ0n) is 13.2. The second kappa shape index (κ2) is 6.88. The molecule has 0 fully saturated rings. The first-order valence-corrected chi connectivity index (χ1v) is 8.73. The van der Waals surface area contributed by atoms with Gasteiger partial charge in [-0.15, -0.1) is 0 Å². The number of aromatic nitrogens is 3. The van der Waals surface area contributed by atoms with Crippen LogP contribution in [0.25, 0.3) is 11.3 Å². The summed E-state index contributed by atoms with van der Waals surface area (Å²) in [5.41, 5.74) is 2.42. The van der Waals surface area contributed by atoms with E-state index in [2.05, 4.69) is 15.4 Å². The van der Waals surface area contributed by atoms with Crippen LogP contribution < -0.4 is 5.32 Å². The molecule has 2 aromatic heterocycles. The lowest BCUT2D eigenvalue weighted by atomic mass is 10.1. The van der Waals surface area contributed by atoms with Crippen molar-refractivity contribution in [2.24, 2.45) is 7.05 Å². The number of amides is 1. The van der Waals surface area contributed by atoms with Crippen molar-refractivity contribution in [2.75, 3.05) is 19.8 Å². The molecule has 8 nitrogen and oxygen atoms in total. The molecule has 0 atom stereocenters. The normalized spacial score (nSPS) is 11.7. The highest BCUT2D eigenvalue weighted by Crippen LogP contribution is 2.20. The Kier molecular flexibility index (Phi) is 5.12. The standard InChI is InChI=1S/C14H19N5O3S/c1-18-9-12(8-17-18)14-11(5-4-6-15-14)7-16-13(20)10-19(2)23(3,21)22/h4-6,8-9H,7,10H2,1-3H3,(H,16,20). The molecule has 0 bridgehead atoms. The molecule has 23 heavy (non-hydrogen) atoms. The molecule has 0 aliphatic heterocycles. The van der Waals surface area contributed by atoms with Crippen molar-refractivity contribution in [3.8, 4) is 11.3 Å². The number of sulfonamides is 1. The lowest BCUT2D eigenvalue weighted by molar-refractivity contribution is -0.121. The van der Waals surface area contributed by atoms with Crippen molar-refractivity contribution in [1.82, 2.24) is 24.4 Å². The lowest BCUT2D eigenvalue weighted by Gasteiger charge is -2.14. The van der Waals surface area contributed by atoms with Gasteiger partial charge in [0.05, 0.1) is 24.7 Å². The fraction of sp³-hybridized carbons (Fsp3) is 0.357. The molecule has 0 unspecified atom stereocenters. The van der Waals surface area contributed by atoms with Crippen LogP contribution in [0.2, 0.25) is 0 Å². The van der Waals surface area contributed by atoms with Gasteiger partial charge in [0, 0.05) is 38.6 Å². The summed E-state index contributed by atoms with van der Waals surface area (Å²) in [6.45, 7) is 0.0375. The topological polar surface area (TPSA) is 97.2 Å². The molecule has 9 heteroatoms. The number of likely N-dealkylation sites (N-methyl/N-ethyl adjacent to an activating group) is 1. The Morgan fingerprint density at radius 1 is 1.43 bits per heavy atom. The predicted molar refractivity (Wildman–Crippen MR) is 85.8 cm³/mol. The molecule has 2 aromatic rings. The van der Waals surface area contributed by atoms with E-state index in [0.717, 1.165) is 27.4 Å². The summed E-state index contributed by atoms with van der Waals surface area (Å²) in [5, 5.41) is 6.82. The summed E-state index contributed by atoms with van der Waals surface area (Å²) in [6, 6.07) is 3.64. The number of aryl methyl sites for hydroxylation is 1. The minimum Gasteiger partial charge on any atom is -0.351 e. The average Bonchev–Trinajstić information content (AvgIpc) is 2.91. The first-order valence-electron chi connectivity index (χ1n) is 6.88. The van der Waals surface area contributed by atoms with Crippen LogP contribution in [-0.4, -0.2) is 53.2 Å². The third-order valence-electron chi connectivity index (χ3n) is 3.28. The number of hydrogen-bond acceptors (Lipinski definition) is 5. The van der Waals surface area contributed by atoms with E-state index in [1.54, 1.807) is 23.1 Å². The van der Waals surface area contributed by atoms with E-state index in [4.69, 9.17) is 0 Å². The molecular formula is C14H19N5O3S. The van der Waals surface area contributed by atoms with Crippen LogP contribution in [0.15, 0.2) is 30.7 Å². The highest BCUT2D eigenvalue weighted by atomic mass is 32.2. The van der Waals surface area contributed by atoms with Gasteiger partial charge in [-0.1, -0.05) is 6.07 Å². The van der Waals surface area contributed by atoms with E-state index in [0.29, 0.717) is 0 Å². The molecule has 0 saturated carbocycles. The number of carbonyl (C=O) groups is 1. The minimum atomic E-state index is -3.38. The Morgan fingerprint density at radius 2 is 2.17 bits per heavy atom. The highest BCUT2D eigenvalue weighted by Gasteiger charge is 2.15. The summed E-state index contributed by atoms with van der Waals surface area (Å²) in [7, 11) is -0.205. The molecule has 1 N–H and O–H groups in total. The predicted octanol–water partition coefficient (Wildman–Crippen LogP) is -0.0103. The van der Waals surface area contributed by atoms with E-state index in [1.165, 1.54) is 7.05 Å². The number of pyridine rings is 1. The van der Waals surface area contributed by atoms with Gasteiger partial charge in [0.25, 0.3) is 0 Å². The molecule has 2 heterocycles. The van der Waals surface area contributed by atoms with Gasteiger partial charge >= 0.3 is 0 Å². The van der Waals surface area contributed by atoms with Gasteiger partial charge in [0.2, 0.25) is 15.9 Å². The van der Waals surface area contributed by atoms with Gasteiger partial charge in [-0.05, 0) is 11.6 Å². The molecule has 0 aromatic carbocycles. The van der Waals surface area contributed by atoms with E-state index < -0.39 is 10.0 Å². The zero-order valence-corrected chi connectivity index (χ0v) is 14.0. The lowest BCUT2D eigenvalue weighted by Crippen LogP contribution is -2.37. The van der Waals surface area contributed by atoms with Crippen molar-refractivity contribution in [3.05, 3.63) is 36.3 Å². The number of rotatable bonds is 6. The Bertz CT molecular complexity index is 800. The number of nitrogens with one attached hydrogen (secondary N) is 1. The molecule has 0 spiro atoms. The van der Waals surface area contributed by atoms with Crippen molar-refractivity contribution in [2.45, 2.75) is 6.54 Å². The molecule has 0 aliphatic rings. The third-order valence-corrected chi connectivity index (χ3v) is 4.54. The first-order chi connectivity index (χ1) is 10.8. The molecule has 0 radical (unpaired) electrons. The maximum absolute atomic E-state index is 11.9. The van der Waals surface area contributed by atoms with Gasteiger partial charge < -0.3 is 5.32 Å². The molecule has 1 amide bonds. The van der Waals surface area contributed by atoms with Crippen molar-refractivity contribution >= 4 is 15.9 Å². The van der Waals surface area contributed by atoms with E-state index >= 15 is 0 Å². The summed E-state index contributed by atoms with van der Waals surface area (Å²) in [4.78, 5) is 16.2. The summed E-state index contributed by atoms with van der Waals surface area (Å²) >= 11 is 0. The van der Waals surface area contributed by atoms with Gasteiger partial charge in [0.15, 0.2) is 0 Å². The SMILES string of the molecule is CN(CC(=O)NCc1cccnc1-c1cnn(C)c1)S(C)(=O)=O. The summed E-state index contributed by atoms with van der Waals surface area (Å²) in [5.74, 6) is -0.376. The van der Waals surface area contributed by atoms with Crippen molar-refractivity contribution < 1.29 is 13.2 Å². The van der Waals surface area contributed by atoms with E-state index in [-0.39, 0.29) is 19.0 Å². The van der Waals surface area contributed by atoms with Crippen LogP contribution in [-0.2, 0) is 28.4 Å². The van der Waals surface area contributed by atoms with Crippen molar-refractivity contribution in [3.63, 3.8) is 0 Å². The van der Waals surface area contributed by atoms with Crippen LogP contribution >= 0.6 is 0 Å². The Hall–Kier alpha value is -2.26. The Labute approximate surface area is 135 Å². The second-order valence-electron chi connectivity index (χ2n) is 5.21. The van der Waals surface area contributed by atoms with Gasteiger partial charge in [-0.25, -0.2) is 8.42 Å². The van der Waals surface area contributed by atoms with E-state index in [1.807, 2.05) is 19.3 Å². The Morgan fingerprint density at radius 3 is 2.78 bits per heavy atom. The molecular weight excluding hydrogens is 318 g/mol. The average molecular weight is 337 g/mol. The van der Waals surface area contributed by atoms with Crippen LogP contribution in [0, 0.1) is 0 Å². The zero-order chi connectivity index (χ0) is 17.0. The van der Waals surface area contributed by atoms with Crippen LogP contribution in [0.1, 0.15) is 5.56 Å². The maximum atomic E-state index is 11.9. The summed E-state index contributed by atoms with van der Waals surface area (Å²) in [6.07, 6.45) is 6.27. The van der Waals surface area contributed by atoms with Crippen LogP contribution in [0.5, 0.6) is 0 Å². The second-order valence-corrected chi connectivity index (χ2v) is 7.30. The van der Waals surface area contributed by atoms with Gasteiger partial charge in [-0.3, -0.25) is 14.5 Å². The van der Waals surface area contributed by atoms with Gasteiger partial charge in [0.1, 0.15) is 0 Å². The Balaban J connectivity index is 2.06. The smallest absolute Gasteiger partial charge is 0.235 e.